The highest BCUT2D eigenvalue weighted by Gasteiger charge is 2.39. The van der Waals surface area contributed by atoms with Crippen LogP contribution in [0.25, 0.3) is 0 Å². The first-order valence-corrected chi connectivity index (χ1v) is 28.5. The number of carbonyl (C=O) groups excluding carboxylic acids is 13. The lowest BCUT2D eigenvalue weighted by Crippen LogP contribution is -2.63. The average Bonchev–Trinajstić information content (AvgIpc) is 2.96. The largest absolute Gasteiger partial charge is 0.508 e. The predicted octanol–water partition coefficient (Wildman–Crippen LogP) is -6.63. The Labute approximate surface area is 508 Å². The van der Waals surface area contributed by atoms with Crippen molar-refractivity contribution in [3.05, 3.63) is 29.8 Å². The van der Waals surface area contributed by atoms with Gasteiger partial charge in [-0.15, -0.1) is 0 Å². The molecule has 1 aromatic rings. The molecule has 0 unspecified atom stereocenters. The van der Waals surface area contributed by atoms with E-state index in [0.29, 0.717) is 5.56 Å². The van der Waals surface area contributed by atoms with Crippen LogP contribution in [0.1, 0.15) is 113 Å². The second-order valence-corrected chi connectivity index (χ2v) is 22.4. The van der Waals surface area contributed by atoms with E-state index in [2.05, 4.69) is 47.9 Å². The number of carbonyl (C=O) groups is 14. The van der Waals surface area contributed by atoms with E-state index in [1.165, 1.54) is 58.9 Å². The topological polar surface area (TPSA) is 565 Å². The number of nitrogens with one attached hydrogen (secondary N) is 10. The molecule has 13 amide bonds. The van der Waals surface area contributed by atoms with Crippen molar-refractivity contribution < 1.29 is 92.7 Å². The zero-order chi connectivity index (χ0) is 67.6. The van der Waals surface area contributed by atoms with Gasteiger partial charge in [-0.3, -0.25) is 62.3 Å². The van der Waals surface area contributed by atoms with Gasteiger partial charge in [-0.25, -0.2) is 4.79 Å². The molecule has 14 atom stereocenters. The number of aliphatic carboxylic acids is 1. The maximum absolute atomic E-state index is 14.4. The van der Waals surface area contributed by atoms with Gasteiger partial charge in [0.1, 0.15) is 60.1 Å². The third-order valence-electron chi connectivity index (χ3n) is 13.9. The van der Waals surface area contributed by atoms with Crippen molar-refractivity contribution in [1.29, 1.82) is 0 Å². The Hall–Kier alpha value is -8.56. The lowest BCUT2D eigenvalue weighted by molar-refractivity contribution is -0.145. The van der Waals surface area contributed by atoms with E-state index in [1.807, 2.05) is 5.32 Å². The van der Waals surface area contributed by atoms with Gasteiger partial charge in [-0.2, -0.15) is 0 Å². The van der Waals surface area contributed by atoms with Crippen LogP contribution in [0, 0.1) is 23.7 Å². The summed E-state index contributed by atoms with van der Waals surface area (Å²) in [6.07, 6.45) is -6.14. The van der Waals surface area contributed by atoms with Gasteiger partial charge in [0.15, 0.2) is 6.04 Å². The third-order valence-corrected chi connectivity index (χ3v) is 13.9. The highest BCUT2D eigenvalue weighted by Crippen LogP contribution is 2.16. The van der Waals surface area contributed by atoms with Crippen LogP contribution in [0.3, 0.4) is 0 Å². The minimum absolute atomic E-state index is 0.172. The summed E-state index contributed by atoms with van der Waals surface area (Å²) in [6, 6.07) is -12.5. The van der Waals surface area contributed by atoms with Crippen LogP contribution in [0.5, 0.6) is 5.75 Å². The van der Waals surface area contributed by atoms with Crippen LogP contribution in [0.2, 0.25) is 0 Å². The Morgan fingerprint density at radius 3 is 1.19 bits per heavy atom. The van der Waals surface area contributed by atoms with Gasteiger partial charge in [0.05, 0.1) is 31.3 Å². The highest BCUT2D eigenvalue weighted by atomic mass is 16.4. The molecule has 0 heterocycles. The number of rotatable bonds is 39. The van der Waals surface area contributed by atoms with Crippen molar-refractivity contribution >= 4 is 82.8 Å². The number of benzene rings is 1. The van der Waals surface area contributed by atoms with Crippen LogP contribution in [-0.2, 0) is 73.5 Å². The van der Waals surface area contributed by atoms with Gasteiger partial charge in [0.25, 0.3) is 0 Å². The molecule has 1 rings (SSSR count). The van der Waals surface area contributed by atoms with Gasteiger partial charge in [0, 0.05) is 19.3 Å². The number of primary amides is 3. The fourth-order valence-electron chi connectivity index (χ4n) is 8.24. The molecule has 0 bridgehead atoms. The van der Waals surface area contributed by atoms with E-state index in [4.69, 9.17) is 22.9 Å². The van der Waals surface area contributed by atoms with E-state index in [9.17, 15) is 92.7 Å². The summed E-state index contributed by atoms with van der Waals surface area (Å²) < 4.78 is 0. The predicted molar refractivity (Wildman–Crippen MR) is 312 cm³/mol. The van der Waals surface area contributed by atoms with E-state index in [-0.39, 0.29) is 18.6 Å². The molecule has 88 heavy (non-hydrogen) atoms. The first-order chi connectivity index (χ1) is 40.9. The SMILES string of the molecule is CC[C@H](C)[C@H](NC(=O)[C@H](CCC(N)=O)NC(=O)[C@@H](NC(=O)[C@@H](NC(=O)[C@H](Cc1ccc(O)cc1)NC(=O)[C@@H](NC(=O)[C@H](CCC(N)=O)NC(=O)[C@H](CC(N)=O)NC(=O)[C@@H](N)C(C)C)C(C)C)[C@@H](C)O)C(C)C)C(=O)N[C@@H](CO)C(=O)N[C@H](C(=O)O)[C@@H](C)O. The molecule has 0 fully saturated rings. The summed E-state index contributed by atoms with van der Waals surface area (Å²) in [4.78, 5) is 186. The van der Waals surface area contributed by atoms with Crippen LogP contribution < -0.4 is 76.1 Å². The fourth-order valence-corrected chi connectivity index (χ4v) is 8.24. The Balaban J connectivity index is 3.62. The molecule has 23 N–H and O–H groups in total. The summed E-state index contributed by atoms with van der Waals surface area (Å²) in [5.41, 5.74) is 22.3. The normalized spacial score (nSPS) is 16.1. The van der Waals surface area contributed by atoms with Crippen molar-refractivity contribution in [2.45, 2.75) is 193 Å². The molecule has 0 aliphatic carbocycles. The van der Waals surface area contributed by atoms with E-state index >= 15 is 0 Å². The molecular formula is C55H90N14O19. The molecule has 0 saturated carbocycles. The number of hydrogen-bond donors (Lipinski definition) is 19. The van der Waals surface area contributed by atoms with Crippen molar-refractivity contribution in [2.75, 3.05) is 6.61 Å². The molecule has 494 valence electrons. The number of carboxylic acids is 1. The minimum atomic E-state index is -1.91. The van der Waals surface area contributed by atoms with Gasteiger partial charge < -0.3 is 102 Å². The van der Waals surface area contributed by atoms with Gasteiger partial charge >= 0.3 is 5.97 Å². The Bertz CT molecular complexity index is 2620. The van der Waals surface area contributed by atoms with Crippen LogP contribution in [0.15, 0.2) is 24.3 Å². The van der Waals surface area contributed by atoms with Crippen LogP contribution in [-0.4, -0.2) is 194 Å². The number of carboxylic acid groups (broad SMARTS) is 1. The summed E-state index contributed by atoms with van der Waals surface area (Å²) in [7, 11) is 0. The zero-order valence-electron chi connectivity index (χ0n) is 51.0. The number of aliphatic hydroxyl groups excluding tert-OH is 3. The summed E-state index contributed by atoms with van der Waals surface area (Å²) in [5.74, 6) is -18.1. The summed E-state index contributed by atoms with van der Waals surface area (Å²) in [6.45, 7) is 13.5. The number of aliphatic hydroxyl groups is 3. The highest BCUT2D eigenvalue weighted by molar-refractivity contribution is 6.00. The monoisotopic (exact) mass is 1250 g/mol. The van der Waals surface area contributed by atoms with E-state index in [1.54, 1.807) is 20.8 Å². The molecule has 0 spiro atoms. The van der Waals surface area contributed by atoms with Crippen molar-refractivity contribution in [3.63, 3.8) is 0 Å². The molecular weight excluding hydrogens is 1160 g/mol. The average molecular weight is 1250 g/mol. The standard InChI is InChI=1S/C55H90N14O19/c1-11-26(8)42(53(85)64-35(22-70)49(81)69-44(28(10)72)55(87)88)67-46(78)32(17-19-37(57)75)61-51(83)41(25(6)7)66-54(86)43(27(9)71)68-48(80)33(20-29-12-14-30(73)15-13-29)63-52(84)40(24(4)5)65-45(77)31(16-18-36(56)74)60-47(79)34(21-38(58)76)62-50(82)39(59)23(2)3/h12-15,23-28,31-35,39-44,70-73H,11,16-22,59H2,1-10H3,(H2,56,74)(H2,57,75)(H2,58,76)(H,60,79)(H,61,83)(H,62,82)(H,63,84)(H,64,85)(H,65,77)(H,66,86)(H,67,78)(H,68,80)(H,69,81)(H,87,88)/t26-,27+,28+,31-,32-,33-,34-,35-,39-,40-,41-,42-,43-,44-/m0/s1. The lowest BCUT2D eigenvalue weighted by atomic mass is 9.96. The molecule has 0 aliphatic heterocycles. The van der Waals surface area contributed by atoms with Gasteiger partial charge in [-0.05, 0) is 68.1 Å². The van der Waals surface area contributed by atoms with E-state index in [0.717, 1.165) is 13.8 Å². The second kappa shape index (κ2) is 37.2. The summed E-state index contributed by atoms with van der Waals surface area (Å²) >= 11 is 0. The summed E-state index contributed by atoms with van der Waals surface area (Å²) in [5, 5.41) is 73.8. The first kappa shape index (κ1) is 77.5. The first-order valence-electron chi connectivity index (χ1n) is 28.5. The van der Waals surface area contributed by atoms with Gasteiger partial charge in [-0.1, -0.05) is 73.9 Å². The van der Waals surface area contributed by atoms with Crippen molar-refractivity contribution in [1.82, 2.24) is 53.2 Å². The maximum Gasteiger partial charge on any atom is 0.328 e. The minimum Gasteiger partial charge on any atom is -0.508 e. The van der Waals surface area contributed by atoms with E-state index < -0.39 is 224 Å². The second-order valence-electron chi connectivity index (χ2n) is 22.4. The molecule has 0 aliphatic rings. The quantitative estimate of drug-likeness (QED) is 0.0291. The zero-order valence-corrected chi connectivity index (χ0v) is 51.0. The number of nitrogens with two attached hydrogens (primary N) is 4. The van der Waals surface area contributed by atoms with Crippen LogP contribution >= 0.6 is 0 Å². The van der Waals surface area contributed by atoms with Crippen molar-refractivity contribution in [3.8, 4) is 5.75 Å². The number of phenolic OH excluding ortho intramolecular Hbond substituents is 1. The Morgan fingerprint density at radius 2 is 0.784 bits per heavy atom. The lowest BCUT2D eigenvalue weighted by Gasteiger charge is -2.31. The van der Waals surface area contributed by atoms with Gasteiger partial charge in [0.2, 0.25) is 76.8 Å². The maximum atomic E-state index is 14.4. The molecule has 0 aromatic heterocycles. The third kappa shape index (κ3) is 26.2. The number of phenols is 1. The number of hydrogen-bond acceptors (Lipinski definition) is 19. The Kier molecular flexibility index (Phi) is 32.7. The molecule has 33 heteroatoms. The number of amides is 13. The fraction of sp³-hybridized carbons (Fsp3) is 0.636. The molecule has 1 aromatic carbocycles. The smallest absolute Gasteiger partial charge is 0.328 e. The Morgan fingerprint density at radius 1 is 0.432 bits per heavy atom. The van der Waals surface area contributed by atoms with Crippen molar-refractivity contribution in [2.24, 2.45) is 46.6 Å². The number of aromatic hydroxyl groups is 1. The van der Waals surface area contributed by atoms with Crippen LogP contribution in [0.4, 0.5) is 0 Å². The molecule has 0 radical (unpaired) electrons. The molecule has 33 nitrogen and oxygen atoms in total. The molecule has 0 saturated heterocycles.